The molecule has 0 fully saturated rings. The number of nitrogens with one attached hydrogen (secondary N) is 2. The van der Waals surface area contributed by atoms with E-state index in [1.165, 1.54) is 0 Å². The summed E-state index contributed by atoms with van der Waals surface area (Å²) >= 11 is 5.01. The normalized spacial score (nSPS) is 9.58. The molecule has 102 valence electrons. The first-order chi connectivity index (χ1) is 9.01. The van der Waals surface area contributed by atoms with E-state index in [1.54, 1.807) is 6.92 Å². The van der Waals surface area contributed by atoms with Gasteiger partial charge in [0.1, 0.15) is 12.4 Å². The minimum absolute atomic E-state index is 0.112. The SMILES string of the molecule is C=C(C)COc1ccc(NC(=S)NC(=O)CC)cc1. The van der Waals surface area contributed by atoms with Crippen LogP contribution < -0.4 is 15.4 Å². The average molecular weight is 278 g/mol. The molecule has 0 bridgehead atoms. The molecule has 4 nitrogen and oxygen atoms in total. The van der Waals surface area contributed by atoms with Crippen LogP contribution in [-0.2, 0) is 4.79 Å². The summed E-state index contributed by atoms with van der Waals surface area (Å²) in [5, 5.41) is 5.79. The maximum Gasteiger partial charge on any atom is 0.225 e. The molecule has 0 heterocycles. The summed E-state index contributed by atoms with van der Waals surface area (Å²) in [6.45, 7) is 7.94. The molecule has 0 aromatic heterocycles. The zero-order chi connectivity index (χ0) is 14.3. The zero-order valence-electron chi connectivity index (χ0n) is 11.2. The summed E-state index contributed by atoms with van der Waals surface area (Å²) in [6.07, 6.45) is 0.398. The van der Waals surface area contributed by atoms with E-state index in [2.05, 4.69) is 17.2 Å². The Morgan fingerprint density at radius 2 is 2.00 bits per heavy atom. The van der Waals surface area contributed by atoms with Gasteiger partial charge in [-0.1, -0.05) is 13.5 Å². The van der Waals surface area contributed by atoms with E-state index in [4.69, 9.17) is 17.0 Å². The van der Waals surface area contributed by atoms with Crippen molar-refractivity contribution < 1.29 is 9.53 Å². The number of amides is 1. The van der Waals surface area contributed by atoms with Gasteiger partial charge in [-0.25, -0.2) is 0 Å². The predicted molar refractivity (Wildman–Crippen MR) is 81.4 cm³/mol. The molecule has 0 radical (unpaired) electrons. The molecule has 0 atom stereocenters. The van der Waals surface area contributed by atoms with Crippen LogP contribution in [-0.4, -0.2) is 17.6 Å². The minimum Gasteiger partial charge on any atom is -0.489 e. The zero-order valence-corrected chi connectivity index (χ0v) is 12.0. The standard InChI is InChI=1S/C14H18N2O2S/c1-4-13(17)16-14(19)15-11-5-7-12(8-6-11)18-9-10(2)3/h5-8H,2,4,9H2,1,3H3,(H2,15,16,17,19). The molecule has 0 aliphatic heterocycles. The Morgan fingerprint density at radius 3 is 2.53 bits per heavy atom. The Bertz CT molecular complexity index is 469. The molecule has 1 aromatic rings. The molecule has 0 aliphatic carbocycles. The lowest BCUT2D eigenvalue weighted by Crippen LogP contribution is -2.33. The maximum atomic E-state index is 11.1. The number of hydrogen-bond donors (Lipinski definition) is 2. The van der Waals surface area contributed by atoms with E-state index in [9.17, 15) is 4.79 Å². The van der Waals surface area contributed by atoms with Crippen molar-refractivity contribution in [1.29, 1.82) is 0 Å². The number of anilines is 1. The lowest BCUT2D eigenvalue weighted by molar-refractivity contribution is -0.119. The number of carbonyl (C=O) groups is 1. The van der Waals surface area contributed by atoms with Crippen molar-refractivity contribution in [2.45, 2.75) is 20.3 Å². The second-order valence-electron chi connectivity index (χ2n) is 4.13. The lowest BCUT2D eigenvalue weighted by Gasteiger charge is -2.10. The van der Waals surface area contributed by atoms with Crippen molar-refractivity contribution in [3.8, 4) is 5.75 Å². The molecular formula is C14H18N2O2S. The van der Waals surface area contributed by atoms with Crippen LogP contribution in [0, 0.1) is 0 Å². The van der Waals surface area contributed by atoms with Gasteiger partial charge in [-0.3, -0.25) is 4.79 Å². The second kappa shape index (κ2) is 7.53. The van der Waals surface area contributed by atoms with Crippen LogP contribution in [0.3, 0.4) is 0 Å². The predicted octanol–water partition coefficient (Wildman–Crippen LogP) is 2.86. The first-order valence-electron chi connectivity index (χ1n) is 5.99. The van der Waals surface area contributed by atoms with Gasteiger partial charge in [0.2, 0.25) is 5.91 Å². The van der Waals surface area contributed by atoms with Gasteiger partial charge in [0.15, 0.2) is 5.11 Å². The lowest BCUT2D eigenvalue weighted by atomic mass is 10.3. The molecule has 1 rings (SSSR count). The highest BCUT2D eigenvalue weighted by Crippen LogP contribution is 2.16. The van der Waals surface area contributed by atoms with Gasteiger partial charge in [0.25, 0.3) is 0 Å². The fourth-order valence-corrected chi connectivity index (χ4v) is 1.45. The van der Waals surface area contributed by atoms with E-state index < -0.39 is 0 Å². The van der Waals surface area contributed by atoms with Gasteiger partial charge >= 0.3 is 0 Å². The second-order valence-corrected chi connectivity index (χ2v) is 4.53. The molecule has 0 unspecified atom stereocenters. The largest absolute Gasteiger partial charge is 0.489 e. The molecule has 2 N–H and O–H groups in total. The Morgan fingerprint density at radius 1 is 1.37 bits per heavy atom. The van der Waals surface area contributed by atoms with Crippen LogP contribution in [0.5, 0.6) is 5.75 Å². The monoisotopic (exact) mass is 278 g/mol. The molecule has 0 saturated carbocycles. The van der Waals surface area contributed by atoms with Gasteiger partial charge < -0.3 is 15.4 Å². The summed E-state index contributed by atoms with van der Waals surface area (Å²) in [5.41, 5.74) is 1.76. The van der Waals surface area contributed by atoms with Gasteiger partial charge in [0, 0.05) is 12.1 Å². The summed E-state index contributed by atoms with van der Waals surface area (Å²) in [4.78, 5) is 11.1. The fourth-order valence-electron chi connectivity index (χ4n) is 1.22. The number of ether oxygens (including phenoxy) is 1. The third-order valence-electron chi connectivity index (χ3n) is 2.17. The minimum atomic E-state index is -0.112. The molecule has 19 heavy (non-hydrogen) atoms. The van der Waals surface area contributed by atoms with Crippen molar-refractivity contribution >= 4 is 28.9 Å². The summed E-state index contributed by atoms with van der Waals surface area (Å²) in [7, 11) is 0. The summed E-state index contributed by atoms with van der Waals surface area (Å²) in [5.74, 6) is 0.649. The highest BCUT2D eigenvalue weighted by molar-refractivity contribution is 7.80. The summed E-state index contributed by atoms with van der Waals surface area (Å²) < 4.78 is 5.48. The highest BCUT2D eigenvalue weighted by Gasteiger charge is 2.02. The molecule has 0 saturated heterocycles. The maximum absolute atomic E-state index is 11.1. The van der Waals surface area contributed by atoms with Crippen molar-refractivity contribution in [1.82, 2.24) is 5.32 Å². The van der Waals surface area contributed by atoms with Gasteiger partial charge in [0.05, 0.1) is 0 Å². The van der Waals surface area contributed by atoms with Crippen molar-refractivity contribution in [3.05, 3.63) is 36.4 Å². The first-order valence-corrected chi connectivity index (χ1v) is 6.40. The smallest absolute Gasteiger partial charge is 0.225 e. The number of benzene rings is 1. The van der Waals surface area contributed by atoms with Crippen molar-refractivity contribution in [2.24, 2.45) is 0 Å². The Hall–Kier alpha value is -1.88. The number of hydrogen-bond acceptors (Lipinski definition) is 3. The van der Waals surface area contributed by atoms with Crippen LogP contribution in [0.4, 0.5) is 5.69 Å². The number of thiocarbonyl (C=S) groups is 1. The van der Waals surface area contributed by atoms with Crippen LogP contribution in [0.25, 0.3) is 0 Å². The molecule has 1 amide bonds. The number of rotatable bonds is 5. The third kappa shape index (κ3) is 6.01. The highest BCUT2D eigenvalue weighted by atomic mass is 32.1. The van der Waals surface area contributed by atoms with Crippen LogP contribution >= 0.6 is 12.2 Å². The van der Waals surface area contributed by atoms with E-state index in [1.807, 2.05) is 31.2 Å². The first kappa shape index (κ1) is 15.2. The van der Waals surface area contributed by atoms with Crippen molar-refractivity contribution in [3.63, 3.8) is 0 Å². The van der Waals surface area contributed by atoms with Crippen molar-refractivity contribution in [2.75, 3.05) is 11.9 Å². The van der Waals surface area contributed by atoms with Gasteiger partial charge in [-0.15, -0.1) is 0 Å². The van der Waals surface area contributed by atoms with Crippen LogP contribution in [0.2, 0.25) is 0 Å². The van der Waals surface area contributed by atoms with Crippen LogP contribution in [0.1, 0.15) is 20.3 Å². The molecule has 0 spiro atoms. The third-order valence-corrected chi connectivity index (χ3v) is 2.38. The Kier molecular flexibility index (Phi) is 6.02. The van der Waals surface area contributed by atoms with E-state index in [-0.39, 0.29) is 5.91 Å². The number of carbonyl (C=O) groups excluding carboxylic acids is 1. The van der Waals surface area contributed by atoms with E-state index >= 15 is 0 Å². The summed E-state index contributed by atoms with van der Waals surface area (Å²) in [6, 6.07) is 7.32. The Balaban J connectivity index is 2.50. The molecule has 1 aromatic carbocycles. The molecule has 0 aliphatic rings. The average Bonchev–Trinajstić information content (AvgIpc) is 2.37. The van der Waals surface area contributed by atoms with Gasteiger partial charge in [-0.2, -0.15) is 0 Å². The van der Waals surface area contributed by atoms with Gasteiger partial charge in [-0.05, 0) is 49.0 Å². The topological polar surface area (TPSA) is 50.4 Å². The molecule has 5 heteroatoms. The van der Waals surface area contributed by atoms with E-state index in [0.29, 0.717) is 18.1 Å². The van der Waals surface area contributed by atoms with Crippen LogP contribution in [0.15, 0.2) is 36.4 Å². The quantitative estimate of drug-likeness (QED) is 0.642. The Labute approximate surface area is 118 Å². The molecular weight excluding hydrogens is 260 g/mol. The fraction of sp³-hybridized carbons (Fsp3) is 0.286. The van der Waals surface area contributed by atoms with E-state index in [0.717, 1.165) is 17.0 Å².